The monoisotopic (exact) mass is 211 g/mol. The van der Waals surface area contributed by atoms with Gasteiger partial charge in [0.1, 0.15) is 0 Å². The number of rotatable bonds is 7. The summed E-state index contributed by atoms with van der Waals surface area (Å²) in [6.07, 6.45) is 0.477. The van der Waals surface area contributed by atoms with Crippen LogP contribution in [0.3, 0.4) is 0 Å². The van der Waals surface area contributed by atoms with Crippen molar-refractivity contribution < 1.29 is 4.79 Å². The summed E-state index contributed by atoms with van der Waals surface area (Å²) in [6.45, 7) is 7.99. The van der Waals surface area contributed by atoms with Gasteiger partial charge in [-0.25, -0.2) is 0 Å². The Labute approximate surface area is 92.0 Å². The molecule has 4 nitrogen and oxygen atoms in total. The van der Waals surface area contributed by atoms with Gasteiger partial charge in [0.25, 0.3) is 0 Å². The summed E-state index contributed by atoms with van der Waals surface area (Å²) < 4.78 is 0. The minimum atomic E-state index is 0.00345. The van der Waals surface area contributed by atoms with Gasteiger partial charge in [0.15, 0.2) is 0 Å². The summed E-state index contributed by atoms with van der Waals surface area (Å²) >= 11 is 0. The van der Waals surface area contributed by atoms with E-state index in [2.05, 4.69) is 30.6 Å². The normalized spacial score (nSPS) is 12.2. The Bertz CT molecular complexity index is 220. The molecule has 4 heteroatoms. The first-order valence-corrected chi connectivity index (χ1v) is 5.43. The third-order valence-electron chi connectivity index (χ3n) is 1.91. The lowest BCUT2D eigenvalue weighted by atomic mass is 10.2. The fraction of sp³-hybridized carbons (Fsp3) is 0.818. The number of hydrogen-bond donors (Lipinski definition) is 2. The molecule has 0 aromatic carbocycles. The van der Waals surface area contributed by atoms with Gasteiger partial charge in [0, 0.05) is 26.1 Å². The summed E-state index contributed by atoms with van der Waals surface area (Å²) in [5.41, 5.74) is 0. The highest BCUT2D eigenvalue weighted by molar-refractivity contribution is 5.76. The van der Waals surface area contributed by atoms with Gasteiger partial charge in [0.05, 0.1) is 12.0 Å². The molecule has 2 N–H and O–H groups in total. The van der Waals surface area contributed by atoms with E-state index in [0.717, 1.165) is 6.54 Å². The van der Waals surface area contributed by atoms with E-state index in [0.29, 0.717) is 25.4 Å². The quantitative estimate of drug-likeness (QED) is 0.615. The van der Waals surface area contributed by atoms with E-state index in [9.17, 15) is 4.79 Å². The van der Waals surface area contributed by atoms with Crippen molar-refractivity contribution >= 4 is 5.91 Å². The van der Waals surface area contributed by atoms with Crippen LogP contribution in [0, 0.1) is 23.2 Å². The zero-order valence-corrected chi connectivity index (χ0v) is 9.84. The van der Waals surface area contributed by atoms with E-state index in [1.165, 1.54) is 0 Å². The number of nitrogens with zero attached hydrogens (tertiary/aromatic N) is 1. The first kappa shape index (κ1) is 13.9. The largest absolute Gasteiger partial charge is 0.356 e. The molecule has 0 aliphatic carbocycles. The van der Waals surface area contributed by atoms with Crippen molar-refractivity contribution in [2.45, 2.75) is 27.2 Å². The molecule has 0 aromatic rings. The Hall–Kier alpha value is -1.08. The van der Waals surface area contributed by atoms with E-state index in [-0.39, 0.29) is 11.8 Å². The molecule has 0 heterocycles. The summed E-state index contributed by atoms with van der Waals surface area (Å²) in [6, 6.07) is 2.13. The highest BCUT2D eigenvalue weighted by atomic mass is 16.1. The van der Waals surface area contributed by atoms with Crippen molar-refractivity contribution in [3.05, 3.63) is 0 Å². The molecule has 1 unspecified atom stereocenters. The Balaban J connectivity index is 3.36. The predicted octanol–water partition coefficient (Wildman–Crippen LogP) is 0.898. The molecule has 0 bridgehead atoms. The molecule has 0 aromatic heterocycles. The smallest absolute Gasteiger partial charge is 0.221 e. The Morgan fingerprint density at radius 3 is 2.53 bits per heavy atom. The van der Waals surface area contributed by atoms with Crippen LogP contribution in [0.25, 0.3) is 0 Å². The van der Waals surface area contributed by atoms with Gasteiger partial charge in [0.2, 0.25) is 5.91 Å². The average molecular weight is 211 g/mol. The van der Waals surface area contributed by atoms with Crippen LogP contribution in [-0.4, -0.2) is 25.5 Å². The predicted molar refractivity (Wildman–Crippen MR) is 60.1 cm³/mol. The molecule has 1 atom stereocenters. The van der Waals surface area contributed by atoms with Crippen LogP contribution in [-0.2, 0) is 4.79 Å². The number of amides is 1. The zero-order chi connectivity index (χ0) is 11.7. The van der Waals surface area contributed by atoms with Crippen molar-refractivity contribution in [2.75, 3.05) is 19.6 Å². The lowest BCUT2D eigenvalue weighted by Crippen LogP contribution is -2.31. The van der Waals surface area contributed by atoms with Gasteiger partial charge in [-0.15, -0.1) is 0 Å². The van der Waals surface area contributed by atoms with Crippen LogP contribution >= 0.6 is 0 Å². The number of nitriles is 1. The Morgan fingerprint density at radius 1 is 1.33 bits per heavy atom. The third kappa shape index (κ3) is 9.23. The fourth-order valence-corrected chi connectivity index (χ4v) is 0.972. The molecule has 0 radical (unpaired) electrons. The Kier molecular flexibility index (Phi) is 7.65. The average Bonchev–Trinajstić information content (AvgIpc) is 2.21. The maximum absolute atomic E-state index is 11.2. The van der Waals surface area contributed by atoms with Gasteiger partial charge in [-0.05, 0) is 12.8 Å². The second kappa shape index (κ2) is 8.25. The summed E-state index contributed by atoms with van der Waals surface area (Å²) in [7, 11) is 0. The minimum Gasteiger partial charge on any atom is -0.356 e. The second-order valence-electron chi connectivity index (χ2n) is 4.18. The summed E-state index contributed by atoms with van der Waals surface area (Å²) in [4.78, 5) is 11.2. The lowest BCUT2D eigenvalue weighted by molar-refractivity contribution is -0.121. The van der Waals surface area contributed by atoms with Crippen LogP contribution in [0.2, 0.25) is 0 Å². The van der Waals surface area contributed by atoms with Crippen LogP contribution in [0.15, 0.2) is 0 Å². The van der Waals surface area contributed by atoms with Crippen LogP contribution in [0.5, 0.6) is 0 Å². The van der Waals surface area contributed by atoms with Gasteiger partial charge < -0.3 is 10.6 Å². The van der Waals surface area contributed by atoms with Gasteiger partial charge in [-0.3, -0.25) is 4.79 Å². The molecular weight excluding hydrogens is 190 g/mol. The van der Waals surface area contributed by atoms with Gasteiger partial charge in [-0.2, -0.15) is 5.26 Å². The van der Waals surface area contributed by atoms with Crippen LogP contribution < -0.4 is 10.6 Å². The van der Waals surface area contributed by atoms with Crippen molar-refractivity contribution in [2.24, 2.45) is 11.8 Å². The number of carbonyl (C=O) groups is 1. The highest BCUT2D eigenvalue weighted by Gasteiger charge is 2.02. The molecule has 86 valence electrons. The molecule has 15 heavy (non-hydrogen) atoms. The van der Waals surface area contributed by atoms with Crippen LogP contribution in [0.4, 0.5) is 0 Å². The third-order valence-corrected chi connectivity index (χ3v) is 1.91. The molecule has 0 fully saturated rings. The minimum absolute atomic E-state index is 0.00345. The fourth-order valence-electron chi connectivity index (χ4n) is 0.972. The first-order chi connectivity index (χ1) is 7.06. The number of nitrogens with one attached hydrogen (secondary N) is 2. The topological polar surface area (TPSA) is 64.9 Å². The molecule has 1 amide bonds. The van der Waals surface area contributed by atoms with Crippen molar-refractivity contribution in [1.29, 1.82) is 5.26 Å². The molecule has 0 saturated heterocycles. The number of hydrogen-bond acceptors (Lipinski definition) is 3. The lowest BCUT2D eigenvalue weighted by Gasteiger charge is -2.08. The van der Waals surface area contributed by atoms with Gasteiger partial charge >= 0.3 is 0 Å². The van der Waals surface area contributed by atoms with E-state index < -0.39 is 0 Å². The molecule has 0 rings (SSSR count). The second-order valence-corrected chi connectivity index (χ2v) is 4.18. The molecule has 0 spiro atoms. The maximum atomic E-state index is 11.2. The first-order valence-electron chi connectivity index (χ1n) is 5.43. The Morgan fingerprint density at radius 2 is 2.00 bits per heavy atom. The van der Waals surface area contributed by atoms with Crippen LogP contribution in [0.1, 0.15) is 27.2 Å². The summed E-state index contributed by atoms with van der Waals surface area (Å²) in [5.74, 6) is 0.560. The molecule has 0 aliphatic rings. The van der Waals surface area contributed by atoms with E-state index in [1.807, 2.05) is 6.92 Å². The van der Waals surface area contributed by atoms with Crippen molar-refractivity contribution in [1.82, 2.24) is 10.6 Å². The van der Waals surface area contributed by atoms with Crippen molar-refractivity contribution in [3.8, 4) is 6.07 Å². The van der Waals surface area contributed by atoms with E-state index in [4.69, 9.17) is 5.26 Å². The van der Waals surface area contributed by atoms with Gasteiger partial charge in [-0.1, -0.05) is 13.8 Å². The molecule has 0 aliphatic heterocycles. The molecular formula is C11H21N3O. The summed E-state index contributed by atoms with van der Waals surface area (Å²) in [5, 5.41) is 14.4. The van der Waals surface area contributed by atoms with Crippen molar-refractivity contribution in [3.63, 3.8) is 0 Å². The standard InChI is InChI=1S/C11H21N3O/c1-9(2)7-14-11(15)4-5-13-8-10(3)6-12/h9-10,13H,4-5,7-8H2,1-3H3,(H,14,15). The zero-order valence-electron chi connectivity index (χ0n) is 9.84. The highest BCUT2D eigenvalue weighted by Crippen LogP contribution is 1.89. The number of carbonyl (C=O) groups excluding carboxylic acids is 1. The SMILES string of the molecule is CC(C)CNC(=O)CCNCC(C)C#N. The van der Waals surface area contributed by atoms with E-state index in [1.54, 1.807) is 0 Å². The molecule has 0 saturated carbocycles. The van der Waals surface area contributed by atoms with E-state index >= 15 is 0 Å². The maximum Gasteiger partial charge on any atom is 0.221 e.